The summed E-state index contributed by atoms with van der Waals surface area (Å²) in [5, 5.41) is 0. The van der Waals surface area contributed by atoms with Gasteiger partial charge in [0.2, 0.25) is 0 Å². The van der Waals surface area contributed by atoms with Crippen LogP contribution in [0.25, 0.3) is 0 Å². The van der Waals surface area contributed by atoms with E-state index in [4.69, 9.17) is 14.2 Å². The van der Waals surface area contributed by atoms with Gasteiger partial charge in [0.15, 0.2) is 0 Å². The molecule has 0 heterocycles. The molecule has 0 aromatic rings. The van der Waals surface area contributed by atoms with E-state index in [1.54, 1.807) is 0 Å². The van der Waals surface area contributed by atoms with E-state index >= 15 is 0 Å². The highest BCUT2D eigenvalue weighted by Gasteiger charge is 2.37. The Balaban J connectivity index is 4.46. The molecule has 3 nitrogen and oxygen atoms in total. The SMILES string of the molecule is CCCOC(OCCC)(OCCC)C(C)C. The van der Waals surface area contributed by atoms with Crippen molar-refractivity contribution in [2.24, 2.45) is 5.92 Å². The average molecular weight is 232 g/mol. The molecule has 0 radical (unpaired) electrons. The van der Waals surface area contributed by atoms with E-state index < -0.39 is 5.97 Å². The Morgan fingerprint density at radius 3 is 1.25 bits per heavy atom. The molecule has 0 aliphatic heterocycles. The quantitative estimate of drug-likeness (QED) is 0.539. The molecule has 0 unspecified atom stereocenters. The van der Waals surface area contributed by atoms with E-state index in [1.165, 1.54) is 0 Å². The number of rotatable bonds is 10. The minimum atomic E-state index is -0.845. The molecule has 0 aliphatic rings. The van der Waals surface area contributed by atoms with Gasteiger partial charge in [-0.05, 0) is 19.3 Å². The summed E-state index contributed by atoms with van der Waals surface area (Å²) >= 11 is 0. The van der Waals surface area contributed by atoms with Gasteiger partial charge in [-0.2, -0.15) is 0 Å². The third kappa shape index (κ3) is 5.28. The fourth-order valence-electron chi connectivity index (χ4n) is 1.36. The predicted molar refractivity (Wildman–Crippen MR) is 66.3 cm³/mol. The molecule has 0 spiro atoms. The van der Waals surface area contributed by atoms with E-state index in [1.807, 2.05) is 0 Å². The van der Waals surface area contributed by atoms with Crippen LogP contribution in [0.5, 0.6) is 0 Å². The van der Waals surface area contributed by atoms with Gasteiger partial charge in [-0.1, -0.05) is 34.6 Å². The summed E-state index contributed by atoms with van der Waals surface area (Å²) in [4.78, 5) is 0. The van der Waals surface area contributed by atoms with Gasteiger partial charge in [-0.25, -0.2) is 0 Å². The highest BCUT2D eigenvalue weighted by atomic mass is 16.9. The number of hydrogen-bond donors (Lipinski definition) is 0. The first kappa shape index (κ1) is 15.9. The molecule has 0 saturated heterocycles. The van der Waals surface area contributed by atoms with Crippen LogP contribution >= 0.6 is 0 Å². The molecule has 98 valence electrons. The highest BCUT2D eigenvalue weighted by molar-refractivity contribution is 4.63. The van der Waals surface area contributed by atoms with Crippen LogP contribution in [0.2, 0.25) is 0 Å². The van der Waals surface area contributed by atoms with E-state index in [-0.39, 0.29) is 5.92 Å². The van der Waals surface area contributed by atoms with Crippen molar-refractivity contribution in [1.29, 1.82) is 0 Å². The topological polar surface area (TPSA) is 27.7 Å². The molecule has 3 heteroatoms. The largest absolute Gasteiger partial charge is 0.327 e. The van der Waals surface area contributed by atoms with Crippen LogP contribution in [-0.2, 0) is 14.2 Å². The zero-order valence-corrected chi connectivity index (χ0v) is 11.5. The summed E-state index contributed by atoms with van der Waals surface area (Å²) in [6.07, 6.45) is 2.92. The first-order valence-electron chi connectivity index (χ1n) is 6.54. The van der Waals surface area contributed by atoms with Crippen LogP contribution in [0.4, 0.5) is 0 Å². The van der Waals surface area contributed by atoms with E-state index in [9.17, 15) is 0 Å². The van der Waals surface area contributed by atoms with Crippen LogP contribution in [-0.4, -0.2) is 25.8 Å². The van der Waals surface area contributed by atoms with Crippen molar-refractivity contribution in [2.45, 2.75) is 59.9 Å². The predicted octanol–water partition coefficient (Wildman–Crippen LogP) is 3.58. The maximum Gasteiger partial charge on any atom is 0.285 e. The van der Waals surface area contributed by atoms with Gasteiger partial charge in [-0.3, -0.25) is 0 Å². The summed E-state index contributed by atoms with van der Waals surface area (Å²) in [5.41, 5.74) is 0. The molecule has 0 N–H and O–H groups in total. The maximum atomic E-state index is 5.80. The minimum Gasteiger partial charge on any atom is -0.327 e. The fraction of sp³-hybridized carbons (Fsp3) is 1.00. The van der Waals surface area contributed by atoms with Gasteiger partial charge in [0.05, 0.1) is 19.8 Å². The van der Waals surface area contributed by atoms with Gasteiger partial charge in [0.25, 0.3) is 5.97 Å². The monoisotopic (exact) mass is 232 g/mol. The Kier molecular flexibility index (Phi) is 8.90. The first-order valence-corrected chi connectivity index (χ1v) is 6.54. The second-order valence-corrected chi connectivity index (χ2v) is 4.30. The fourth-order valence-corrected chi connectivity index (χ4v) is 1.36. The molecule has 0 aliphatic carbocycles. The molecular formula is C13H28O3. The smallest absolute Gasteiger partial charge is 0.285 e. The van der Waals surface area contributed by atoms with Crippen molar-refractivity contribution in [2.75, 3.05) is 19.8 Å². The Morgan fingerprint density at radius 2 is 1.06 bits per heavy atom. The van der Waals surface area contributed by atoms with Crippen molar-refractivity contribution in [3.63, 3.8) is 0 Å². The van der Waals surface area contributed by atoms with Gasteiger partial charge in [0.1, 0.15) is 0 Å². The van der Waals surface area contributed by atoms with Crippen molar-refractivity contribution >= 4 is 0 Å². The molecule has 0 rings (SSSR count). The Labute approximate surface area is 100 Å². The summed E-state index contributed by atoms with van der Waals surface area (Å²) in [7, 11) is 0. The van der Waals surface area contributed by atoms with Gasteiger partial charge < -0.3 is 14.2 Å². The Hall–Kier alpha value is -0.120. The van der Waals surface area contributed by atoms with Gasteiger partial charge in [0, 0.05) is 5.92 Å². The van der Waals surface area contributed by atoms with E-state index in [2.05, 4.69) is 34.6 Å². The molecular weight excluding hydrogens is 204 g/mol. The summed E-state index contributed by atoms with van der Waals surface area (Å²) in [6.45, 7) is 12.4. The lowest BCUT2D eigenvalue weighted by Gasteiger charge is -2.36. The Bertz CT molecular complexity index is 135. The number of hydrogen-bond acceptors (Lipinski definition) is 3. The first-order chi connectivity index (χ1) is 7.63. The molecule has 0 atom stereocenters. The Morgan fingerprint density at radius 1 is 0.750 bits per heavy atom. The normalized spacial score (nSPS) is 12.4. The zero-order valence-electron chi connectivity index (χ0n) is 11.5. The van der Waals surface area contributed by atoms with Crippen LogP contribution in [0, 0.1) is 5.92 Å². The zero-order chi connectivity index (χ0) is 12.4. The van der Waals surface area contributed by atoms with E-state index in [0.717, 1.165) is 19.3 Å². The van der Waals surface area contributed by atoms with E-state index in [0.29, 0.717) is 19.8 Å². The maximum absolute atomic E-state index is 5.80. The van der Waals surface area contributed by atoms with Crippen LogP contribution < -0.4 is 0 Å². The molecule has 0 bridgehead atoms. The lowest BCUT2D eigenvalue weighted by Crippen LogP contribution is -2.45. The highest BCUT2D eigenvalue weighted by Crippen LogP contribution is 2.26. The van der Waals surface area contributed by atoms with Gasteiger partial charge in [-0.15, -0.1) is 0 Å². The molecule has 0 aromatic carbocycles. The van der Waals surface area contributed by atoms with Crippen molar-refractivity contribution in [3.8, 4) is 0 Å². The third-order valence-electron chi connectivity index (χ3n) is 2.23. The third-order valence-corrected chi connectivity index (χ3v) is 2.23. The van der Waals surface area contributed by atoms with Gasteiger partial charge >= 0.3 is 0 Å². The second-order valence-electron chi connectivity index (χ2n) is 4.30. The molecule has 0 aromatic heterocycles. The van der Waals surface area contributed by atoms with Crippen LogP contribution in [0.15, 0.2) is 0 Å². The summed E-state index contributed by atoms with van der Waals surface area (Å²) in [6, 6.07) is 0. The molecule has 0 saturated carbocycles. The van der Waals surface area contributed by atoms with Crippen molar-refractivity contribution < 1.29 is 14.2 Å². The van der Waals surface area contributed by atoms with Crippen LogP contribution in [0.1, 0.15) is 53.9 Å². The van der Waals surface area contributed by atoms with Crippen molar-refractivity contribution in [1.82, 2.24) is 0 Å². The molecule has 0 fully saturated rings. The molecule has 0 amide bonds. The molecule has 16 heavy (non-hydrogen) atoms. The van der Waals surface area contributed by atoms with Crippen LogP contribution in [0.3, 0.4) is 0 Å². The second kappa shape index (κ2) is 8.97. The average Bonchev–Trinajstić information content (AvgIpc) is 2.28. The summed E-state index contributed by atoms with van der Waals surface area (Å²) < 4.78 is 17.4. The minimum absolute atomic E-state index is 0.192. The van der Waals surface area contributed by atoms with Crippen molar-refractivity contribution in [3.05, 3.63) is 0 Å². The summed E-state index contributed by atoms with van der Waals surface area (Å²) in [5.74, 6) is -0.653. The lowest BCUT2D eigenvalue weighted by atomic mass is 10.1. The number of ether oxygens (including phenoxy) is 3. The standard InChI is InChI=1S/C13H28O3/c1-6-9-14-13(12(4)5,15-10-7-2)16-11-8-3/h12H,6-11H2,1-5H3. The lowest BCUT2D eigenvalue weighted by molar-refractivity contribution is -0.400.